The predicted molar refractivity (Wildman–Crippen MR) is 52.9 cm³/mol. The van der Waals surface area contributed by atoms with E-state index in [2.05, 4.69) is 20.9 Å². The molecule has 1 heterocycles. The van der Waals surface area contributed by atoms with Crippen LogP contribution in [0.25, 0.3) is 11.1 Å². The first kappa shape index (κ1) is 8.56. The van der Waals surface area contributed by atoms with Gasteiger partial charge in [0.25, 0.3) is 0 Å². The van der Waals surface area contributed by atoms with Crippen LogP contribution in [0.1, 0.15) is 6.92 Å². The molecule has 0 bridgehead atoms. The Kier molecular flexibility index (Phi) is 2.22. The molecule has 0 saturated heterocycles. The van der Waals surface area contributed by atoms with Crippen LogP contribution in [0.3, 0.4) is 0 Å². The van der Waals surface area contributed by atoms with Gasteiger partial charge in [0.05, 0.1) is 11.1 Å². The molecule has 0 N–H and O–H groups in total. The zero-order chi connectivity index (χ0) is 9.26. The van der Waals surface area contributed by atoms with Gasteiger partial charge < -0.3 is 9.15 Å². The number of ether oxygens (including phenoxy) is 1. The Balaban J connectivity index is 2.55. The van der Waals surface area contributed by atoms with E-state index >= 15 is 0 Å². The first-order chi connectivity index (χ1) is 6.31. The zero-order valence-corrected chi connectivity index (χ0v) is 8.67. The molecule has 4 heteroatoms. The molecule has 13 heavy (non-hydrogen) atoms. The molecule has 1 aromatic carbocycles. The molecule has 2 rings (SSSR count). The molecular weight excluding hydrogens is 234 g/mol. The first-order valence-electron chi connectivity index (χ1n) is 3.99. The van der Waals surface area contributed by atoms with E-state index in [0.29, 0.717) is 12.7 Å². The molecule has 0 aliphatic rings. The number of aromatic nitrogens is 1. The number of fused-ring (bicyclic) bond motifs is 1. The van der Waals surface area contributed by atoms with Gasteiger partial charge in [0, 0.05) is 0 Å². The van der Waals surface area contributed by atoms with Crippen LogP contribution in [0.5, 0.6) is 6.08 Å². The van der Waals surface area contributed by atoms with Crippen LogP contribution in [0.2, 0.25) is 0 Å². The fraction of sp³-hybridized carbons (Fsp3) is 0.222. The molecule has 1 aromatic heterocycles. The smallest absolute Gasteiger partial charge is 0.394 e. The van der Waals surface area contributed by atoms with Crippen molar-refractivity contribution in [2.75, 3.05) is 6.61 Å². The topological polar surface area (TPSA) is 35.3 Å². The summed E-state index contributed by atoms with van der Waals surface area (Å²) in [5.74, 6) is 0. The van der Waals surface area contributed by atoms with Crippen LogP contribution in [0.15, 0.2) is 27.1 Å². The molecule has 0 amide bonds. The van der Waals surface area contributed by atoms with Crippen LogP contribution >= 0.6 is 15.9 Å². The number of rotatable bonds is 2. The lowest BCUT2D eigenvalue weighted by atomic mass is 10.3. The second-order valence-electron chi connectivity index (χ2n) is 2.50. The highest BCUT2D eigenvalue weighted by atomic mass is 79.9. The van der Waals surface area contributed by atoms with Crippen molar-refractivity contribution in [1.82, 2.24) is 4.98 Å². The Hall–Kier alpha value is -1.03. The second-order valence-corrected chi connectivity index (χ2v) is 3.36. The van der Waals surface area contributed by atoms with Crippen LogP contribution in [0.4, 0.5) is 0 Å². The monoisotopic (exact) mass is 241 g/mol. The third-order valence-electron chi connectivity index (χ3n) is 1.62. The van der Waals surface area contributed by atoms with Gasteiger partial charge in [0.2, 0.25) is 0 Å². The molecule has 3 nitrogen and oxygen atoms in total. The molecule has 0 saturated carbocycles. The Morgan fingerprint density at radius 2 is 2.38 bits per heavy atom. The Morgan fingerprint density at radius 3 is 3.08 bits per heavy atom. The van der Waals surface area contributed by atoms with Crippen molar-refractivity contribution in [3.05, 3.63) is 22.7 Å². The standard InChI is InChI=1S/C9H8BrNO2/c1-2-12-9-11-7-5-3-4-6(10)8(7)13-9/h3-5H,2H2,1H3. The summed E-state index contributed by atoms with van der Waals surface area (Å²) in [5.41, 5.74) is 1.53. The summed E-state index contributed by atoms with van der Waals surface area (Å²) in [6, 6.07) is 5.69. The number of para-hydroxylation sites is 1. The van der Waals surface area contributed by atoms with Gasteiger partial charge in [-0.2, -0.15) is 4.98 Å². The van der Waals surface area contributed by atoms with E-state index in [1.54, 1.807) is 0 Å². The minimum atomic E-state index is 0.324. The van der Waals surface area contributed by atoms with Crippen molar-refractivity contribution < 1.29 is 9.15 Å². The van der Waals surface area contributed by atoms with Gasteiger partial charge in [-0.1, -0.05) is 6.07 Å². The summed E-state index contributed by atoms with van der Waals surface area (Å²) < 4.78 is 11.4. The van der Waals surface area contributed by atoms with Crippen molar-refractivity contribution >= 4 is 27.0 Å². The van der Waals surface area contributed by atoms with Gasteiger partial charge in [0.1, 0.15) is 5.52 Å². The quantitative estimate of drug-likeness (QED) is 0.811. The van der Waals surface area contributed by atoms with Gasteiger partial charge in [0.15, 0.2) is 5.58 Å². The predicted octanol–water partition coefficient (Wildman–Crippen LogP) is 2.99. The van der Waals surface area contributed by atoms with Crippen molar-refractivity contribution in [2.45, 2.75) is 6.92 Å². The van der Waals surface area contributed by atoms with E-state index < -0.39 is 0 Å². The largest absolute Gasteiger partial charge is 0.450 e. The highest BCUT2D eigenvalue weighted by molar-refractivity contribution is 9.10. The Labute approximate surface area is 83.8 Å². The molecule has 0 aliphatic heterocycles. The van der Waals surface area contributed by atoms with Gasteiger partial charge in [-0.15, -0.1) is 0 Å². The lowest BCUT2D eigenvalue weighted by Gasteiger charge is -1.91. The lowest BCUT2D eigenvalue weighted by molar-refractivity contribution is 0.251. The van der Waals surface area contributed by atoms with Crippen LogP contribution in [0, 0.1) is 0 Å². The van der Waals surface area contributed by atoms with Crippen molar-refractivity contribution in [2.24, 2.45) is 0 Å². The molecule has 2 aromatic rings. The highest BCUT2D eigenvalue weighted by Gasteiger charge is 2.07. The number of oxazole rings is 1. The van der Waals surface area contributed by atoms with Gasteiger partial charge >= 0.3 is 6.08 Å². The van der Waals surface area contributed by atoms with Crippen LogP contribution in [-0.4, -0.2) is 11.6 Å². The van der Waals surface area contributed by atoms with Crippen molar-refractivity contribution in [3.8, 4) is 6.08 Å². The van der Waals surface area contributed by atoms with E-state index in [0.717, 1.165) is 15.6 Å². The summed E-state index contributed by atoms with van der Waals surface area (Å²) in [4.78, 5) is 4.14. The van der Waals surface area contributed by atoms with E-state index in [9.17, 15) is 0 Å². The maximum absolute atomic E-state index is 5.36. The minimum Gasteiger partial charge on any atom is -0.450 e. The SMILES string of the molecule is CCOc1nc2cccc(Br)c2o1. The summed E-state index contributed by atoms with van der Waals surface area (Å²) in [5, 5.41) is 0. The van der Waals surface area contributed by atoms with Gasteiger partial charge in [-0.05, 0) is 35.0 Å². The van der Waals surface area contributed by atoms with Crippen molar-refractivity contribution in [3.63, 3.8) is 0 Å². The third kappa shape index (κ3) is 1.54. The fourth-order valence-electron chi connectivity index (χ4n) is 1.08. The van der Waals surface area contributed by atoms with E-state index in [4.69, 9.17) is 9.15 Å². The Morgan fingerprint density at radius 1 is 1.54 bits per heavy atom. The summed E-state index contributed by atoms with van der Waals surface area (Å²) in [6.07, 6.45) is 0.324. The normalized spacial score (nSPS) is 10.6. The summed E-state index contributed by atoms with van der Waals surface area (Å²) >= 11 is 3.37. The average molecular weight is 242 g/mol. The van der Waals surface area contributed by atoms with Crippen LogP contribution < -0.4 is 4.74 Å². The average Bonchev–Trinajstić information content (AvgIpc) is 2.49. The van der Waals surface area contributed by atoms with Gasteiger partial charge in [-0.3, -0.25) is 0 Å². The fourth-order valence-corrected chi connectivity index (χ4v) is 1.52. The molecule has 0 spiro atoms. The number of nitrogens with zero attached hydrogens (tertiary/aromatic N) is 1. The number of hydrogen-bond donors (Lipinski definition) is 0. The molecule has 0 atom stereocenters. The van der Waals surface area contributed by atoms with E-state index in [-0.39, 0.29) is 0 Å². The van der Waals surface area contributed by atoms with Gasteiger partial charge in [-0.25, -0.2) is 0 Å². The minimum absolute atomic E-state index is 0.324. The zero-order valence-electron chi connectivity index (χ0n) is 7.08. The molecule has 0 aliphatic carbocycles. The lowest BCUT2D eigenvalue weighted by Crippen LogP contribution is -1.89. The highest BCUT2D eigenvalue weighted by Crippen LogP contribution is 2.27. The molecule has 0 fully saturated rings. The molecular formula is C9H8BrNO2. The third-order valence-corrected chi connectivity index (χ3v) is 2.24. The number of hydrogen-bond acceptors (Lipinski definition) is 3. The molecule has 0 radical (unpaired) electrons. The van der Waals surface area contributed by atoms with Crippen molar-refractivity contribution in [1.29, 1.82) is 0 Å². The maximum atomic E-state index is 5.36. The van der Waals surface area contributed by atoms with E-state index in [1.165, 1.54) is 0 Å². The van der Waals surface area contributed by atoms with Crippen LogP contribution in [-0.2, 0) is 0 Å². The number of benzene rings is 1. The molecule has 0 unspecified atom stereocenters. The Bertz CT molecular complexity index is 424. The first-order valence-corrected chi connectivity index (χ1v) is 4.78. The maximum Gasteiger partial charge on any atom is 0.394 e. The summed E-state index contributed by atoms with van der Waals surface area (Å²) in [6.45, 7) is 2.45. The molecule has 68 valence electrons. The second kappa shape index (κ2) is 3.38. The summed E-state index contributed by atoms with van der Waals surface area (Å²) in [7, 11) is 0. The number of halogens is 1. The van der Waals surface area contributed by atoms with E-state index in [1.807, 2.05) is 25.1 Å².